The third kappa shape index (κ3) is 2.67. The van der Waals surface area contributed by atoms with Gasteiger partial charge in [0.05, 0.1) is 10.7 Å². The van der Waals surface area contributed by atoms with Gasteiger partial charge in [0.2, 0.25) is 0 Å². The van der Waals surface area contributed by atoms with Crippen LogP contribution < -0.4 is 0 Å². The van der Waals surface area contributed by atoms with Crippen molar-refractivity contribution in [3.63, 3.8) is 0 Å². The highest BCUT2D eigenvalue weighted by atomic mass is 79.9. The van der Waals surface area contributed by atoms with Crippen LogP contribution in [0.5, 0.6) is 0 Å². The summed E-state index contributed by atoms with van der Waals surface area (Å²) in [4.78, 5) is 4.47. The number of halogens is 1. The molecular weight excluding hydrogens is 270 g/mol. The molecule has 1 nitrogen and oxygen atoms in total. The maximum absolute atomic E-state index is 4.47. The Morgan fingerprint density at radius 1 is 1.07 bits per heavy atom. The Morgan fingerprint density at radius 2 is 1.80 bits per heavy atom. The van der Waals surface area contributed by atoms with E-state index in [1.165, 1.54) is 16.7 Å². The number of hydrogen-bond acceptors (Lipinski definition) is 2. The van der Waals surface area contributed by atoms with Crippen LogP contribution in [-0.4, -0.2) is 4.98 Å². The summed E-state index contributed by atoms with van der Waals surface area (Å²) in [5, 5.41) is 3.23. The van der Waals surface area contributed by atoms with Crippen LogP contribution in [0, 0.1) is 20.8 Å². The van der Waals surface area contributed by atoms with Crippen LogP contribution >= 0.6 is 28.3 Å². The van der Waals surface area contributed by atoms with Crippen molar-refractivity contribution in [3.05, 3.63) is 39.7 Å². The number of benzene rings is 1. The number of aromatic nitrogens is 1. The molecule has 0 fully saturated rings. The van der Waals surface area contributed by atoms with Gasteiger partial charge in [0.15, 0.2) is 0 Å². The van der Waals surface area contributed by atoms with Gasteiger partial charge in [-0.15, -0.1) is 28.3 Å². The maximum atomic E-state index is 4.47. The Labute approximate surface area is 105 Å². The molecule has 0 saturated carbocycles. The number of thiazole rings is 1. The molecule has 2 rings (SSSR count). The lowest BCUT2D eigenvalue weighted by Gasteiger charge is -2.02. The van der Waals surface area contributed by atoms with E-state index >= 15 is 0 Å². The molecule has 0 radical (unpaired) electrons. The zero-order valence-corrected chi connectivity index (χ0v) is 11.6. The van der Waals surface area contributed by atoms with Crippen LogP contribution in [0.1, 0.15) is 16.1 Å². The van der Waals surface area contributed by atoms with Gasteiger partial charge >= 0.3 is 0 Å². The summed E-state index contributed by atoms with van der Waals surface area (Å²) >= 11 is 1.70. The minimum atomic E-state index is 0. The highest BCUT2D eigenvalue weighted by Gasteiger charge is 2.02. The summed E-state index contributed by atoms with van der Waals surface area (Å²) in [6.07, 6.45) is 0. The highest BCUT2D eigenvalue weighted by Crippen LogP contribution is 2.23. The first-order chi connectivity index (χ1) is 6.66. The van der Waals surface area contributed by atoms with Crippen LogP contribution in [0.3, 0.4) is 0 Å². The Balaban J connectivity index is 0.00000112. The van der Waals surface area contributed by atoms with Crippen LogP contribution in [-0.2, 0) is 0 Å². The van der Waals surface area contributed by atoms with Gasteiger partial charge in [-0.3, -0.25) is 0 Å². The summed E-state index contributed by atoms with van der Waals surface area (Å²) in [5.41, 5.74) is 4.97. The fraction of sp³-hybridized carbons (Fsp3) is 0.250. The first kappa shape index (κ1) is 12.4. The third-order valence-corrected chi connectivity index (χ3v) is 3.20. The average Bonchev–Trinajstić information content (AvgIpc) is 2.57. The van der Waals surface area contributed by atoms with E-state index in [2.05, 4.69) is 42.4 Å². The summed E-state index contributed by atoms with van der Waals surface area (Å²) in [7, 11) is 0. The van der Waals surface area contributed by atoms with Gasteiger partial charge in [-0.05, 0) is 38.0 Å². The fourth-order valence-electron chi connectivity index (χ4n) is 1.40. The average molecular weight is 284 g/mol. The molecule has 0 amide bonds. The summed E-state index contributed by atoms with van der Waals surface area (Å²) < 4.78 is 0. The minimum absolute atomic E-state index is 0. The number of hydrogen-bond donors (Lipinski definition) is 0. The van der Waals surface area contributed by atoms with E-state index in [0.29, 0.717) is 0 Å². The van der Waals surface area contributed by atoms with E-state index in [4.69, 9.17) is 0 Å². The molecule has 0 N–H and O–H groups in total. The Morgan fingerprint density at radius 3 is 2.33 bits per heavy atom. The molecule has 0 aliphatic carbocycles. The molecule has 0 unspecified atom stereocenters. The number of nitrogens with zero attached hydrogens (tertiary/aromatic N) is 1. The largest absolute Gasteiger partial charge is 0.242 e. The molecule has 0 saturated heterocycles. The quantitative estimate of drug-likeness (QED) is 0.760. The summed E-state index contributed by atoms with van der Waals surface area (Å²) in [6, 6.07) is 6.49. The summed E-state index contributed by atoms with van der Waals surface area (Å²) in [5.74, 6) is 0. The van der Waals surface area contributed by atoms with Crippen molar-refractivity contribution >= 4 is 28.3 Å². The van der Waals surface area contributed by atoms with Crippen molar-refractivity contribution in [1.82, 2.24) is 4.98 Å². The molecule has 1 aromatic carbocycles. The predicted octanol–water partition coefficient (Wildman–Crippen LogP) is 4.31. The maximum Gasteiger partial charge on any atom is 0.0901 e. The van der Waals surface area contributed by atoms with Crippen LogP contribution in [0.25, 0.3) is 11.3 Å². The predicted molar refractivity (Wildman–Crippen MR) is 72.1 cm³/mol. The van der Waals surface area contributed by atoms with E-state index in [-0.39, 0.29) is 17.0 Å². The van der Waals surface area contributed by atoms with Crippen molar-refractivity contribution in [2.75, 3.05) is 0 Å². The zero-order valence-electron chi connectivity index (χ0n) is 9.07. The van der Waals surface area contributed by atoms with Crippen molar-refractivity contribution in [2.45, 2.75) is 20.8 Å². The Hall–Kier alpha value is -0.670. The van der Waals surface area contributed by atoms with Crippen LogP contribution in [0.2, 0.25) is 0 Å². The van der Waals surface area contributed by atoms with Gasteiger partial charge < -0.3 is 0 Å². The lowest BCUT2D eigenvalue weighted by molar-refractivity contribution is 1.28. The first-order valence-corrected chi connectivity index (χ1v) is 5.54. The number of aryl methyl sites for hydroxylation is 3. The van der Waals surface area contributed by atoms with Gasteiger partial charge in [0.1, 0.15) is 0 Å². The Bertz CT molecular complexity index is 462. The van der Waals surface area contributed by atoms with E-state index in [0.717, 1.165) is 10.7 Å². The van der Waals surface area contributed by atoms with Crippen molar-refractivity contribution in [1.29, 1.82) is 0 Å². The second kappa shape index (κ2) is 4.90. The monoisotopic (exact) mass is 283 g/mol. The van der Waals surface area contributed by atoms with E-state index in [9.17, 15) is 0 Å². The number of rotatable bonds is 1. The molecule has 3 heteroatoms. The minimum Gasteiger partial charge on any atom is -0.242 e. The first-order valence-electron chi connectivity index (χ1n) is 4.66. The van der Waals surface area contributed by atoms with Crippen LogP contribution in [0.15, 0.2) is 23.6 Å². The molecule has 1 aromatic heterocycles. The van der Waals surface area contributed by atoms with E-state index < -0.39 is 0 Å². The van der Waals surface area contributed by atoms with E-state index in [1.807, 2.05) is 6.92 Å². The van der Waals surface area contributed by atoms with Crippen molar-refractivity contribution < 1.29 is 0 Å². The standard InChI is InChI=1S/C12H13NS.BrH/c1-8-4-5-11(6-9(8)2)12-7-14-10(3)13-12;/h4-7H,1-3H3;1H. The summed E-state index contributed by atoms with van der Waals surface area (Å²) in [6.45, 7) is 6.30. The topological polar surface area (TPSA) is 12.9 Å². The van der Waals surface area contributed by atoms with Gasteiger partial charge in [-0.25, -0.2) is 4.98 Å². The molecule has 0 bridgehead atoms. The lowest BCUT2D eigenvalue weighted by atomic mass is 10.1. The van der Waals surface area contributed by atoms with Gasteiger partial charge in [0.25, 0.3) is 0 Å². The molecule has 0 aliphatic heterocycles. The smallest absolute Gasteiger partial charge is 0.0901 e. The zero-order chi connectivity index (χ0) is 10.1. The molecule has 80 valence electrons. The molecule has 0 atom stereocenters. The second-order valence-electron chi connectivity index (χ2n) is 3.55. The molecule has 0 spiro atoms. The SMILES string of the molecule is Br.Cc1nc(-c2ccc(C)c(C)c2)cs1. The van der Waals surface area contributed by atoms with Crippen molar-refractivity contribution in [3.8, 4) is 11.3 Å². The Kier molecular flexibility index (Phi) is 4.05. The van der Waals surface area contributed by atoms with Gasteiger partial charge in [0, 0.05) is 10.9 Å². The van der Waals surface area contributed by atoms with Crippen LogP contribution in [0.4, 0.5) is 0 Å². The highest BCUT2D eigenvalue weighted by molar-refractivity contribution is 8.93. The normalized spacial score (nSPS) is 9.80. The molecule has 1 heterocycles. The fourth-order valence-corrected chi connectivity index (χ4v) is 2.02. The van der Waals surface area contributed by atoms with E-state index in [1.54, 1.807) is 11.3 Å². The van der Waals surface area contributed by atoms with Gasteiger partial charge in [-0.2, -0.15) is 0 Å². The second-order valence-corrected chi connectivity index (χ2v) is 4.61. The molecule has 15 heavy (non-hydrogen) atoms. The molecule has 2 aromatic rings. The van der Waals surface area contributed by atoms with Crippen molar-refractivity contribution in [2.24, 2.45) is 0 Å². The van der Waals surface area contributed by atoms with Gasteiger partial charge in [-0.1, -0.05) is 12.1 Å². The molecular formula is C12H14BrNS. The molecule has 0 aliphatic rings. The lowest BCUT2D eigenvalue weighted by Crippen LogP contribution is -1.83. The third-order valence-electron chi connectivity index (χ3n) is 2.42.